The highest BCUT2D eigenvalue weighted by atomic mass is 19.1. The summed E-state index contributed by atoms with van der Waals surface area (Å²) >= 11 is 0. The molecule has 0 bridgehead atoms. The highest BCUT2D eigenvalue weighted by Crippen LogP contribution is 2.41. The molecule has 1 aromatic heterocycles. The molecule has 6 heteroatoms. The monoisotopic (exact) mass is 499 g/mol. The minimum absolute atomic E-state index is 0.0197. The van der Waals surface area contributed by atoms with Gasteiger partial charge in [0.25, 0.3) is 5.91 Å². The van der Waals surface area contributed by atoms with Crippen LogP contribution in [-0.4, -0.2) is 12.5 Å². The summed E-state index contributed by atoms with van der Waals surface area (Å²) in [4.78, 5) is 29.0. The summed E-state index contributed by atoms with van der Waals surface area (Å²) in [6.45, 7) is 6.69. The third-order valence-corrected chi connectivity index (χ3v) is 7.05. The van der Waals surface area contributed by atoms with Crippen LogP contribution in [0, 0.1) is 19.7 Å². The van der Waals surface area contributed by atoms with E-state index in [2.05, 4.69) is 6.92 Å². The Balaban J connectivity index is 1.59. The summed E-state index contributed by atoms with van der Waals surface area (Å²) < 4.78 is 25.7. The number of nitrogens with zero attached hydrogens (tertiary/aromatic N) is 1. The number of anilines is 1. The Morgan fingerprint density at radius 1 is 0.919 bits per heavy atom. The fraction of sp³-hybridized carbons (Fsp3) is 0.290. The van der Waals surface area contributed by atoms with Crippen molar-refractivity contribution in [3.8, 4) is 5.75 Å². The van der Waals surface area contributed by atoms with Crippen LogP contribution in [0.4, 0.5) is 10.1 Å². The Bertz CT molecular complexity index is 1510. The van der Waals surface area contributed by atoms with Gasteiger partial charge < -0.3 is 9.15 Å². The molecule has 0 fully saturated rings. The normalized spacial score (nSPS) is 14.9. The molecule has 37 heavy (non-hydrogen) atoms. The zero-order chi connectivity index (χ0) is 26.1. The second kappa shape index (κ2) is 10.2. The smallest absolute Gasteiger partial charge is 0.295 e. The molecule has 1 atom stereocenters. The van der Waals surface area contributed by atoms with Crippen LogP contribution in [0.15, 0.2) is 69.9 Å². The Kier molecular flexibility index (Phi) is 6.83. The van der Waals surface area contributed by atoms with Crippen LogP contribution in [0.25, 0.3) is 11.0 Å². The van der Waals surface area contributed by atoms with E-state index in [-0.39, 0.29) is 11.2 Å². The Morgan fingerprint density at radius 2 is 1.62 bits per heavy atom. The molecular weight excluding hydrogens is 469 g/mol. The van der Waals surface area contributed by atoms with E-state index in [1.54, 1.807) is 18.2 Å². The second-order valence-electron chi connectivity index (χ2n) is 9.64. The molecule has 0 N–H and O–H groups in total. The van der Waals surface area contributed by atoms with Gasteiger partial charge in [-0.15, -0.1) is 0 Å². The Morgan fingerprint density at radius 3 is 2.32 bits per heavy atom. The second-order valence-corrected chi connectivity index (χ2v) is 9.64. The van der Waals surface area contributed by atoms with Gasteiger partial charge in [-0.05, 0) is 85.5 Å². The summed E-state index contributed by atoms with van der Waals surface area (Å²) in [6, 6.07) is 16.0. The molecule has 1 aliphatic heterocycles. The van der Waals surface area contributed by atoms with E-state index >= 15 is 0 Å². The number of ether oxygens (including phenoxy) is 1. The standard InChI is InChI=1S/C31H30FNO4/c1-4-5-6-7-16-36-24-14-8-21(9-15-24)28-27-29(34)25-17-19(2)20(3)18-26(25)37-30(27)31(35)33(28)23-12-10-22(32)11-13-23/h8-15,17-18,28H,4-7,16H2,1-3H3. The van der Waals surface area contributed by atoms with Crippen molar-refractivity contribution in [3.63, 3.8) is 0 Å². The van der Waals surface area contributed by atoms with Gasteiger partial charge in [-0.25, -0.2) is 4.39 Å². The first-order valence-electron chi connectivity index (χ1n) is 12.8. The maximum absolute atomic E-state index is 13.8. The minimum Gasteiger partial charge on any atom is -0.494 e. The Hall–Kier alpha value is -3.93. The van der Waals surface area contributed by atoms with E-state index in [1.165, 1.54) is 29.9 Å². The summed E-state index contributed by atoms with van der Waals surface area (Å²) in [5.41, 5.74) is 3.60. The van der Waals surface area contributed by atoms with E-state index < -0.39 is 17.8 Å². The van der Waals surface area contributed by atoms with Crippen molar-refractivity contribution in [2.24, 2.45) is 0 Å². The van der Waals surface area contributed by atoms with Crippen molar-refractivity contribution < 1.29 is 18.3 Å². The Labute approximate surface area is 215 Å². The average molecular weight is 500 g/mol. The predicted octanol–water partition coefficient (Wildman–Crippen LogP) is 7.26. The molecular formula is C31H30FNO4. The molecule has 5 nitrogen and oxygen atoms in total. The molecule has 0 saturated heterocycles. The molecule has 1 unspecified atom stereocenters. The number of carbonyl (C=O) groups is 1. The van der Waals surface area contributed by atoms with E-state index in [0.717, 1.165) is 35.3 Å². The molecule has 1 aliphatic rings. The van der Waals surface area contributed by atoms with Gasteiger partial charge in [-0.3, -0.25) is 14.5 Å². The molecule has 2 heterocycles. The number of rotatable bonds is 8. The summed E-state index contributed by atoms with van der Waals surface area (Å²) in [5.74, 6) is -0.0861. The van der Waals surface area contributed by atoms with Gasteiger partial charge >= 0.3 is 0 Å². The predicted molar refractivity (Wildman–Crippen MR) is 143 cm³/mol. The molecule has 4 aromatic rings. The number of unbranched alkanes of at least 4 members (excludes halogenated alkanes) is 3. The fourth-order valence-corrected chi connectivity index (χ4v) is 4.88. The maximum atomic E-state index is 13.8. The number of carbonyl (C=O) groups excluding carboxylic acids is 1. The van der Waals surface area contributed by atoms with Crippen LogP contribution < -0.4 is 15.1 Å². The van der Waals surface area contributed by atoms with Crippen molar-refractivity contribution in [2.45, 2.75) is 52.5 Å². The van der Waals surface area contributed by atoms with Crippen LogP contribution >= 0.6 is 0 Å². The highest BCUT2D eigenvalue weighted by Gasteiger charge is 2.43. The summed E-state index contributed by atoms with van der Waals surface area (Å²) in [5, 5.41) is 0.438. The number of amides is 1. The van der Waals surface area contributed by atoms with E-state index in [4.69, 9.17) is 9.15 Å². The number of benzene rings is 3. The number of halogens is 1. The summed E-state index contributed by atoms with van der Waals surface area (Å²) in [6.07, 6.45) is 4.48. The van der Waals surface area contributed by atoms with Gasteiger partial charge in [0.05, 0.1) is 23.6 Å². The molecule has 0 radical (unpaired) electrons. The first-order chi connectivity index (χ1) is 17.9. The lowest BCUT2D eigenvalue weighted by molar-refractivity contribution is 0.0971. The summed E-state index contributed by atoms with van der Waals surface area (Å²) in [7, 11) is 0. The van der Waals surface area contributed by atoms with Crippen molar-refractivity contribution in [1.29, 1.82) is 0 Å². The quantitative estimate of drug-likeness (QED) is 0.240. The first kappa shape index (κ1) is 24.8. The van der Waals surface area contributed by atoms with Crippen molar-refractivity contribution in [3.05, 3.63) is 105 Å². The van der Waals surface area contributed by atoms with Gasteiger partial charge in [-0.2, -0.15) is 0 Å². The van der Waals surface area contributed by atoms with Crippen molar-refractivity contribution in [2.75, 3.05) is 11.5 Å². The van der Waals surface area contributed by atoms with Gasteiger partial charge in [0, 0.05) is 5.69 Å². The molecule has 0 saturated carbocycles. The molecule has 0 aliphatic carbocycles. The third kappa shape index (κ3) is 4.64. The zero-order valence-electron chi connectivity index (χ0n) is 21.3. The van der Waals surface area contributed by atoms with Gasteiger partial charge in [-0.1, -0.05) is 38.3 Å². The molecule has 0 spiro atoms. The third-order valence-electron chi connectivity index (χ3n) is 7.05. The van der Waals surface area contributed by atoms with Gasteiger partial charge in [0.2, 0.25) is 5.76 Å². The average Bonchev–Trinajstić information content (AvgIpc) is 3.18. The van der Waals surface area contributed by atoms with Crippen LogP contribution in [0.3, 0.4) is 0 Å². The molecule has 5 rings (SSSR count). The first-order valence-corrected chi connectivity index (χ1v) is 12.8. The lowest BCUT2D eigenvalue weighted by atomic mass is 9.97. The van der Waals surface area contributed by atoms with Crippen molar-refractivity contribution in [1.82, 2.24) is 0 Å². The van der Waals surface area contributed by atoms with E-state index in [0.29, 0.717) is 28.8 Å². The fourth-order valence-electron chi connectivity index (χ4n) is 4.88. The van der Waals surface area contributed by atoms with Crippen LogP contribution in [-0.2, 0) is 0 Å². The SMILES string of the molecule is CCCCCCOc1ccc(C2c3c(oc4cc(C)c(C)cc4c3=O)C(=O)N2c2ccc(F)cc2)cc1. The van der Waals surface area contributed by atoms with Gasteiger partial charge in [0.1, 0.15) is 17.1 Å². The minimum atomic E-state index is -0.714. The largest absolute Gasteiger partial charge is 0.494 e. The van der Waals surface area contributed by atoms with E-state index in [1.807, 2.05) is 44.2 Å². The molecule has 190 valence electrons. The van der Waals surface area contributed by atoms with Gasteiger partial charge in [0.15, 0.2) is 5.43 Å². The lowest BCUT2D eigenvalue weighted by Crippen LogP contribution is -2.29. The number of aryl methyl sites for hydroxylation is 2. The van der Waals surface area contributed by atoms with Crippen molar-refractivity contribution >= 4 is 22.6 Å². The van der Waals surface area contributed by atoms with Crippen LogP contribution in [0.5, 0.6) is 5.75 Å². The molecule has 3 aromatic carbocycles. The number of hydrogen-bond acceptors (Lipinski definition) is 4. The van der Waals surface area contributed by atoms with Crippen LogP contribution in [0.2, 0.25) is 0 Å². The topological polar surface area (TPSA) is 59.8 Å². The molecule has 1 amide bonds. The number of hydrogen-bond donors (Lipinski definition) is 0. The lowest BCUT2D eigenvalue weighted by Gasteiger charge is -2.25. The highest BCUT2D eigenvalue weighted by molar-refractivity contribution is 6.10. The van der Waals surface area contributed by atoms with Crippen LogP contribution in [0.1, 0.15) is 71.5 Å². The van der Waals surface area contributed by atoms with E-state index in [9.17, 15) is 14.0 Å². The zero-order valence-corrected chi connectivity index (χ0v) is 21.3. The number of fused-ring (bicyclic) bond motifs is 2. The maximum Gasteiger partial charge on any atom is 0.295 e.